The Morgan fingerprint density at radius 2 is 1.90 bits per heavy atom. The lowest BCUT2D eigenvalue weighted by molar-refractivity contribution is -0.131. The van der Waals surface area contributed by atoms with E-state index in [1.54, 1.807) is 6.33 Å². The molecular formula is C25H30N4O2. The van der Waals surface area contributed by atoms with Gasteiger partial charge in [-0.05, 0) is 49.4 Å². The second kappa shape index (κ2) is 10.2. The van der Waals surface area contributed by atoms with Crippen molar-refractivity contribution in [3.05, 3.63) is 77.9 Å². The summed E-state index contributed by atoms with van der Waals surface area (Å²) in [7, 11) is 0. The van der Waals surface area contributed by atoms with E-state index in [0.29, 0.717) is 13.0 Å². The fourth-order valence-electron chi connectivity index (χ4n) is 4.29. The Hall–Kier alpha value is -3.15. The first-order valence-electron chi connectivity index (χ1n) is 11.1. The summed E-state index contributed by atoms with van der Waals surface area (Å²) in [5.41, 5.74) is 2.26. The molecule has 1 saturated heterocycles. The highest BCUT2D eigenvalue weighted by molar-refractivity contribution is 5.79. The van der Waals surface area contributed by atoms with E-state index < -0.39 is 0 Å². The fourth-order valence-corrected chi connectivity index (χ4v) is 4.29. The summed E-state index contributed by atoms with van der Waals surface area (Å²) in [5.74, 6) is 2.03. The first kappa shape index (κ1) is 21.1. The molecule has 0 saturated carbocycles. The van der Waals surface area contributed by atoms with Crippen LogP contribution in [-0.2, 0) is 24.2 Å². The summed E-state index contributed by atoms with van der Waals surface area (Å²) in [6, 6.07) is 18.5. The zero-order chi connectivity index (χ0) is 21.5. The van der Waals surface area contributed by atoms with Gasteiger partial charge in [0.05, 0.1) is 19.6 Å². The van der Waals surface area contributed by atoms with Gasteiger partial charge in [0, 0.05) is 19.0 Å². The third kappa shape index (κ3) is 5.51. The maximum absolute atomic E-state index is 13.0. The molecular weight excluding hydrogens is 388 g/mol. The average molecular weight is 419 g/mol. The van der Waals surface area contributed by atoms with Gasteiger partial charge in [-0.3, -0.25) is 4.79 Å². The van der Waals surface area contributed by atoms with Crippen LogP contribution in [0.5, 0.6) is 5.75 Å². The zero-order valence-electron chi connectivity index (χ0n) is 18.1. The number of aryl methyl sites for hydroxylation is 1. The van der Waals surface area contributed by atoms with E-state index in [1.807, 2.05) is 49.4 Å². The largest absolute Gasteiger partial charge is 0.494 e. The minimum absolute atomic E-state index is 0.206. The lowest BCUT2D eigenvalue weighted by atomic mass is 10.1. The van der Waals surface area contributed by atoms with Crippen molar-refractivity contribution in [1.29, 1.82) is 0 Å². The molecule has 1 atom stereocenters. The lowest BCUT2D eigenvalue weighted by Crippen LogP contribution is -2.37. The Balaban J connectivity index is 1.33. The van der Waals surface area contributed by atoms with E-state index in [0.717, 1.165) is 55.9 Å². The van der Waals surface area contributed by atoms with Crippen LogP contribution >= 0.6 is 0 Å². The van der Waals surface area contributed by atoms with Gasteiger partial charge in [-0.2, -0.15) is 0 Å². The van der Waals surface area contributed by atoms with Crippen molar-refractivity contribution in [3.63, 3.8) is 0 Å². The van der Waals surface area contributed by atoms with Gasteiger partial charge < -0.3 is 14.2 Å². The van der Waals surface area contributed by atoms with Crippen molar-refractivity contribution in [2.75, 3.05) is 13.2 Å². The Labute approximate surface area is 183 Å². The van der Waals surface area contributed by atoms with Crippen LogP contribution in [-0.4, -0.2) is 44.8 Å². The molecule has 1 unspecified atom stereocenters. The van der Waals surface area contributed by atoms with E-state index >= 15 is 0 Å². The highest BCUT2D eigenvalue weighted by Crippen LogP contribution is 2.23. The van der Waals surface area contributed by atoms with E-state index in [9.17, 15) is 4.79 Å². The summed E-state index contributed by atoms with van der Waals surface area (Å²) in [5, 5.41) is 8.45. The van der Waals surface area contributed by atoms with Crippen LogP contribution in [0.1, 0.15) is 43.1 Å². The van der Waals surface area contributed by atoms with Crippen molar-refractivity contribution in [3.8, 4) is 5.75 Å². The van der Waals surface area contributed by atoms with Gasteiger partial charge in [0.25, 0.3) is 0 Å². The monoisotopic (exact) mass is 418 g/mol. The van der Waals surface area contributed by atoms with Crippen molar-refractivity contribution >= 4 is 5.91 Å². The summed E-state index contributed by atoms with van der Waals surface area (Å²) in [4.78, 5) is 15.0. The Morgan fingerprint density at radius 3 is 2.68 bits per heavy atom. The number of aromatic nitrogens is 3. The van der Waals surface area contributed by atoms with Crippen LogP contribution in [0.15, 0.2) is 60.9 Å². The molecule has 4 rings (SSSR count). The highest BCUT2D eigenvalue weighted by Gasteiger charge is 2.28. The summed E-state index contributed by atoms with van der Waals surface area (Å²) >= 11 is 0. The van der Waals surface area contributed by atoms with Crippen LogP contribution in [0, 0.1) is 0 Å². The van der Waals surface area contributed by atoms with Gasteiger partial charge in [0.1, 0.15) is 17.9 Å². The lowest BCUT2D eigenvalue weighted by Gasteiger charge is -2.25. The minimum Gasteiger partial charge on any atom is -0.494 e. The van der Waals surface area contributed by atoms with Crippen molar-refractivity contribution in [1.82, 2.24) is 19.7 Å². The SMILES string of the molecule is CCOc1ccc(CC(=O)N2CCCC2CCc2nncn2Cc2ccccc2)cc1. The van der Waals surface area contributed by atoms with E-state index in [1.165, 1.54) is 5.56 Å². The quantitative estimate of drug-likeness (QED) is 0.529. The molecule has 6 heteroatoms. The van der Waals surface area contributed by atoms with Crippen LogP contribution < -0.4 is 4.74 Å². The number of nitrogens with zero attached hydrogens (tertiary/aromatic N) is 4. The Kier molecular flexibility index (Phi) is 6.97. The number of carbonyl (C=O) groups is 1. The van der Waals surface area contributed by atoms with E-state index in [-0.39, 0.29) is 11.9 Å². The van der Waals surface area contributed by atoms with Gasteiger partial charge in [0.15, 0.2) is 0 Å². The molecule has 1 aromatic heterocycles. The second-order valence-electron chi connectivity index (χ2n) is 8.04. The molecule has 0 bridgehead atoms. The number of rotatable bonds is 9. The normalized spacial score (nSPS) is 15.9. The van der Waals surface area contributed by atoms with Crippen LogP contribution in [0.3, 0.4) is 0 Å². The minimum atomic E-state index is 0.206. The topological polar surface area (TPSA) is 60.2 Å². The number of carbonyl (C=O) groups excluding carboxylic acids is 1. The van der Waals surface area contributed by atoms with Crippen LogP contribution in [0.2, 0.25) is 0 Å². The molecule has 162 valence electrons. The van der Waals surface area contributed by atoms with Crippen molar-refractivity contribution in [2.45, 2.75) is 51.6 Å². The number of benzene rings is 2. The molecule has 1 amide bonds. The van der Waals surface area contributed by atoms with Gasteiger partial charge in [-0.15, -0.1) is 10.2 Å². The number of hydrogen-bond acceptors (Lipinski definition) is 4. The van der Waals surface area contributed by atoms with Crippen molar-refractivity contribution in [2.24, 2.45) is 0 Å². The van der Waals surface area contributed by atoms with Crippen LogP contribution in [0.4, 0.5) is 0 Å². The fraction of sp³-hybridized carbons (Fsp3) is 0.400. The molecule has 31 heavy (non-hydrogen) atoms. The standard InChI is InChI=1S/C25H30N4O2/c1-2-31-23-13-10-20(11-14-23)17-25(30)29-16-6-9-22(29)12-15-24-27-26-19-28(24)18-21-7-4-3-5-8-21/h3-5,7-8,10-11,13-14,19,22H,2,6,9,12,15-18H2,1H3. The van der Waals surface area contributed by atoms with Gasteiger partial charge >= 0.3 is 0 Å². The molecule has 1 aliphatic rings. The van der Waals surface area contributed by atoms with E-state index in [2.05, 4.69) is 31.8 Å². The van der Waals surface area contributed by atoms with E-state index in [4.69, 9.17) is 4.74 Å². The molecule has 0 spiro atoms. The maximum Gasteiger partial charge on any atom is 0.227 e. The smallest absolute Gasteiger partial charge is 0.227 e. The molecule has 6 nitrogen and oxygen atoms in total. The maximum atomic E-state index is 13.0. The third-order valence-corrected chi connectivity index (χ3v) is 5.88. The summed E-state index contributed by atoms with van der Waals surface area (Å²) in [6.07, 6.45) is 6.10. The highest BCUT2D eigenvalue weighted by atomic mass is 16.5. The number of likely N-dealkylation sites (tertiary alicyclic amines) is 1. The first-order chi connectivity index (χ1) is 15.2. The molecule has 2 aromatic carbocycles. The van der Waals surface area contributed by atoms with Gasteiger partial charge in [-0.1, -0.05) is 42.5 Å². The predicted molar refractivity (Wildman–Crippen MR) is 120 cm³/mol. The molecule has 1 fully saturated rings. The number of amides is 1. The third-order valence-electron chi connectivity index (χ3n) is 5.88. The molecule has 0 aliphatic carbocycles. The predicted octanol–water partition coefficient (Wildman–Crippen LogP) is 3.89. The van der Waals surface area contributed by atoms with Crippen molar-refractivity contribution < 1.29 is 9.53 Å². The van der Waals surface area contributed by atoms with Gasteiger partial charge in [0.2, 0.25) is 5.91 Å². The molecule has 2 heterocycles. The molecule has 1 aliphatic heterocycles. The Bertz CT molecular complexity index is 969. The zero-order valence-corrected chi connectivity index (χ0v) is 18.1. The molecule has 3 aromatic rings. The second-order valence-corrected chi connectivity index (χ2v) is 8.04. The molecule has 0 N–H and O–H groups in total. The van der Waals surface area contributed by atoms with Gasteiger partial charge in [-0.25, -0.2) is 0 Å². The average Bonchev–Trinajstić information content (AvgIpc) is 3.44. The Morgan fingerprint density at radius 1 is 1.10 bits per heavy atom. The van der Waals surface area contributed by atoms with Crippen LogP contribution in [0.25, 0.3) is 0 Å². The number of hydrogen-bond donors (Lipinski definition) is 0. The first-order valence-corrected chi connectivity index (χ1v) is 11.1. The number of ether oxygens (including phenoxy) is 1. The summed E-state index contributed by atoms with van der Waals surface area (Å²) < 4.78 is 7.60. The summed E-state index contributed by atoms with van der Waals surface area (Å²) in [6.45, 7) is 4.23. The molecule has 0 radical (unpaired) electrons.